The van der Waals surface area contributed by atoms with Gasteiger partial charge in [0.15, 0.2) is 0 Å². The van der Waals surface area contributed by atoms with Gasteiger partial charge in [-0.05, 0) is 42.7 Å². The van der Waals surface area contributed by atoms with Gasteiger partial charge >= 0.3 is 0 Å². The van der Waals surface area contributed by atoms with E-state index in [9.17, 15) is 0 Å². The number of furan rings is 1. The van der Waals surface area contributed by atoms with Crippen molar-refractivity contribution in [1.29, 1.82) is 0 Å². The first-order valence-electron chi connectivity index (χ1n) is 7.02. The number of aryl methyl sites for hydroxylation is 2. The van der Waals surface area contributed by atoms with Crippen molar-refractivity contribution < 1.29 is 4.42 Å². The molecule has 0 aliphatic heterocycles. The van der Waals surface area contributed by atoms with Crippen molar-refractivity contribution in [1.82, 2.24) is 0 Å². The highest BCUT2D eigenvalue weighted by Gasteiger charge is 2.14. The van der Waals surface area contributed by atoms with Crippen LogP contribution in [0, 0.1) is 6.92 Å². The molecule has 2 aromatic carbocycles. The van der Waals surface area contributed by atoms with Crippen molar-refractivity contribution in [2.24, 2.45) is 5.73 Å². The molecule has 0 spiro atoms. The van der Waals surface area contributed by atoms with E-state index in [0.717, 1.165) is 28.7 Å². The van der Waals surface area contributed by atoms with E-state index in [4.69, 9.17) is 10.2 Å². The van der Waals surface area contributed by atoms with E-state index in [2.05, 4.69) is 50.2 Å². The monoisotopic (exact) mass is 265 g/mol. The first kappa shape index (κ1) is 12.9. The highest BCUT2D eigenvalue weighted by Crippen LogP contribution is 2.27. The maximum absolute atomic E-state index is 6.32. The first-order valence-corrected chi connectivity index (χ1v) is 7.02. The van der Waals surface area contributed by atoms with Crippen molar-refractivity contribution in [2.45, 2.75) is 26.3 Å². The van der Waals surface area contributed by atoms with E-state index in [1.165, 1.54) is 11.1 Å². The summed E-state index contributed by atoms with van der Waals surface area (Å²) in [6.45, 7) is 4.23. The third-order valence-electron chi connectivity index (χ3n) is 3.74. The molecule has 1 heterocycles. The van der Waals surface area contributed by atoms with E-state index in [-0.39, 0.29) is 6.04 Å². The Morgan fingerprint density at radius 1 is 1.05 bits per heavy atom. The molecule has 0 aliphatic carbocycles. The zero-order valence-corrected chi connectivity index (χ0v) is 11.9. The predicted molar refractivity (Wildman–Crippen MR) is 82.8 cm³/mol. The number of fused-ring (bicyclic) bond motifs is 1. The lowest BCUT2D eigenvalue weighted by atomic mass is 10.0. The van der Waals surface area contributed by atoms with Crippen LogP contribution in [-0.4, -0.2) is 0 Å². The molecule has 0 bridgehead atoms. The fraction of sp³-hybridized carbons (Fsp3) is 0.222. The normalized spacial score (nSPS) is 12.8. The van der Waals surface area contributed by atoms with Crippen molar-refractivity contribution in [2.75, 3.05) is 0 Å². The molecular weight excluding hydrogens is 246 g/mol. The molecule has 1 unspecified atom stereocenters. The van der Waals surface area contributed by atoms with Gasteiger partial charge in [0.1, 0.15) is 11.3 Å². The maximum Gasteiger partial charge on any atom is 0.134 e. The van der Waals surface area contributed by atoms with Crippen LogP contribution in [0.1, 0.15) is 35.4 Å². The van der Waals surface area contributed by atoms with Crippen LogP contribution in [0.5, 0.6) is 0 Å². The molecule has 0 radical (unpaired) electrons. The van der Waals surface area contributed by atoms with Gasteiger partial charge in [0, 0.05) is 5.39 Å². The highest BCUT2D eigenvalue weighted by molar-refractivity contribution is 5.78. The van der Waals surface area contributed by atoms with E-state index in [1.54, 1.807) is 0 Å². The van der Waals surface area contributed by atoms with Crippen LogP contribution >= 0.6 is 0 Å². The van der Waals surface area contributed by atoms with Crippen LogP contribution in [0.3, 0.4) is 0 Å². The molecule has 0 saturated heterocycles. The molecule has 2 heteroatoms. The van der Waals surface area contributed by atoms with E-state index >= 15 is 0 Å². The minimum absolute atomic E-state index is 0.214. The Labute approximate surface area is 119 Å². The smallest absolute Gasteiger partial charge is 0.134 e. The van der Waals surface area contributed by atoms with Crippen LogP contribution in [0.15, 0.2) is 52.9 Å². The van der Waals surface area contributed by atoms with Gasteiger partial charge < -0.3 is 10.2 Å². The molecule has 102 valence electrons. The Bertz CT molecular complexity index is 725. The van der Waals surface area contributed by atoms with Crippen LogP contribution < -0.4 is 5.73 Å². The predicted octanol–water partition coefficient (Wildman–Crippen LogP) is 4.35. The highest BCUT2D eigenvalue weighted by atomic mass is 16.3. The summed E-state index contributed by atoms with van der Waals surface area (Å²) >= 11 is 0. The molecule has 2 N–H and O–H groups in total. The van der Waals surface area contributed by atoms with Gasteiger partial charge in [-0.3, -0.25) is 0 Å². The fourth-order valence-corrected chi connectivity index (χ4v) is 2.46. The van der Waals surface area contributed by atoms with Gasteiger partial charge in [-0.1, -0.05) is 42.8 Å². The van der Waals surface area contributed by atoms with Gasteiger partial charge in [-0.2, -0.15) is 0 Å². The van der Waals surface area contributed by atoms with Gasteiger partial charge in [0.25, 0.3) is 0 Å². The molecular formula is C18H19NO. The molecule has 2 nitrogen and oxygen atoms in total. The fourth-order valence-electron chi connectivity index (χ4n) is 2.46. The Morgan fingerprint density at radius 3 is 2.50 bits per heavy atom. The molecule has 0 saturated carbocycles. The van der Waals surface area contributed by atoms with Gasteiger partial charge in [0.2, 0.25) is 0 Å². The number of benzene rings is 2. The third-order valence-corrected chi connectivity index (χ3v) is 3.74. The van der Waals surface area contributed by atoms with Gasteiger partial charge in [-0.15, -0.1) is 0 Å². The van der Waals surface area contributed by atoms with Gasteiger partial charge in [0.05, 0.1) is 6.04 Å². The summed E-state index contributed by atoms with van der Waals surface area (Å²) in [6.07, 6.45) is 1.04. The minimum Gasteiger partial charge on any atom is -0.459 e. The molecule has 3 rings (SSSR count). The average molecular weight is 265 g/mol. The summed E-state index contributed by atoms with van der Waals surface area (Å²) in [4.78, 5) is 0. The van der Waals surface area contributed by atoms with Gasteiger partial charge in [-0.25, -0.2) is 0 Å². The second-order valence-corrected chi connectivity index (χ2v) is 5.26. The Kier molecular flexibility index (Phi) is 3.33. The summed E-state index contributed by atoms with van der Waals surface area (Å²) in [5, 5.41) is 1.11. The maximum atomic E-state index is 6.32. The van der Waals surface area contributed by atoms with Crippen LogP contribution in [0.25, 0.3) is 11.0 Å². The topological polar surface area (TPSA) is 39.2 Å². The lowest BCUT2D eigenvalue weighted by Crippen LogP contribution is -2.10. The number of nitrogens with two attached hydrogens (primary N) is 1. The zero-order valence-electron chi connectivity index (χ0n) is 11.9. The molecule has 0 fully saturated rings. The standard InChI is InChI=1S/C18H19NO/c1-3-13-5-7-14(8-6-13)18(19)17-11-15-10-12(2)4-9-16(15)20-17/h4-11,18H,3,19H2,1-2H3. The van der Waals surface area contributed by atoms with Crippen molar-refractivity contribution in [3.63, 3.8) is 0 Å². The largest absolute Gasteiger partial charge is 0.459 e. The summed E-state index contributed by atoms with van der Waals surface area (Å²) in [5.41, 5.74) is 10.8. The number of hydrogen-bond acceptors (Lipinski definition) is 2. The molecule has 0 aliphatic rings. The second-order valence-electron chi connectivity index (χ2n) is 5.26. The van der Waals surface area contributed by atoms with E-state index < -0.39 is 0 Å². The van der Waals surface area contributed by atoms with E-state index in [0.29, 0.717) is 0 Å². The van der Waals surface area contributed by atoms with Crippen molar-refractivity contribution >= 4 is 11.0 Å². The molecule has 20 heavy (non-hydrogen) atoms. The summed E-state index contributed by atoms with van der Waals surface area (Å²) in [7, 11) is 0. The Balaban J connectivity index is 1.96. The summed E-state index contributed by atoms with van der Waals surface area (Å²) in [6, 6.07) is 16.4. The van der Waals surface area contributed by atoms with Crippen molar-refractivity contribution in [3.8, 4) is 0 Å². The lowest BCUT2D eigenvalue weighted by molar-refractivity contribution is 0.525. The lowest BCUT2D eigenvalue weighted by Gasteiger charge is -2.09. The third kappa shape index (κ3) is 2.35. The average Bonchev–Trinajstić information content (AvgIpc) is 2.89. The summed E-state index contributed by atoms with van der Waals surface area (Å²) < 4.78 is 5.87. The molecule has 1 aromatic heterocycles. The number of hydrogen-bond donors (Lipinski definition) is 1. The SMILES string of the molecule is CCc1ccc(C(N)c2cc3cc(C)ccc3o2)cc1. The first-order chi connectivity index (χ1) is 9.67. The van der Waals surface area contributed by atoms with Crippen LogP contribution in [0.2, 0.25) is 0 Å². The summed E-state index contributed by atoms with van der Waals surface area (Å²) in [5.74, 6) is 0.815. The zero-order chi connectivity index (χ0) is 14.1. The Hall–Kier alpha value is -2.06. The Morgan fingerprint density at radius 2 is 1.80 bits per heavy atom. The molecule has 1 atom stereocenters. The second kappa shape index (κ2) is 5.14. The van der Waals surface area contributed by atoms with Crippen LogP contribution in [-0.2, 0) is 6.42 Å². The van der Waals surface area contributed by atoms with E-state index in [1.807, 2.05) is 12.1 Å². The van der Waals surface area contributed by atoms with Crippen molar-refractivity contribution in [3.05, 3.63) is 71.0 Å². The minimum atomic E-state index is -0.214. The number of rotatable bonds is 3. The molecule has 3 aromatic rings. The molecule has 0 amide bonds. The van der Waals surface area contributed by atoms with Crippen LogP contribution in [0.4, 0.5) is 0 Å². The quantitative estimate of drug-likeness (QED) is 0.764.